The standard InChI is InChI=1S/C20H24FN3O2S/c1-13(23-27(25)20(2,3)4)14-6-9-19(17(21)11-14)26-16-7-8-18-15(10-16)12-22-24(18)5/h6-13,23H,1-5H3/t13-,27-/m0/s1. The zero-order valence-electron chi connectivity index (χ0n) is 16.1. The monoisotopic (exact) mass is 389 g/mol. The third-order valence-corrected chi connectivity index (χ3v) is 5.92. The lowest BCUT2D eigenvalue weighted by molar-refractivity contribution is 0.441. The first-order valence-electron chi connectivity index (χ1n) is 8.72. The van der Waals surface area contributed by atoms with E-state index >= 15 is 0 Å². The van der Waals surface area contributed by atoms with Gasteiger partial charge in [0.15, 0.2) is 11.6 Å². The maximum atomic E-state index is 14.5. The number of halogens is 1. The second kappa shape index (κ2) is 7.50. The number of ether oxygens (including phenoxy) is 1. The van der Waals surface area contributed by atoms with Crippen LogP contribution in [-0.2, 0) is 18.4 Å². The van der Waals surface area contributed by atoms with Crippen LogP contribution in [0.25, 0.3) is 10.9 Å². The molecule has 0 aliphatic carbocycles. The molecule has 0 fully saturated rings. The molecule has 2 aromatic carbocycles. The lowest BCUT2D eigenvalue weighted by Crippen LogP contribution is -2.40. The van der Waals surface area contributed by atoms with Crippen LogP contribution in [0.2, 0.25) is 0 Å². The fraction of sp³-hybridized carbons (Fsp3) is 0.350. The average Bonchev–Trinajstić information content (AvgIpc) is 2.96. The molecule has 0 saturated carbocycles. The molecule has 1 heterocycles. The van der Waals surface area contributed by atoms with Gasteiger partial charge in [0.1, 0.15) is 10.5 Å². The Morgan fingerprint density at radius 2 is 1.96 bits per heavy atom. The highest BCUT2D eigenvalue weighted by Gasteiger charge is 2.28. The van der Waals surface area contributed by atoms with Gasteiger partial charge in [0, 0.05) is 23.8 Å². The maximum absolute atomic E-state index is 14.5. The number of fused-ring (bicyclic) bond motifs is 1. The Kier molecular flexibility index (Phi) is 5.46. The maximum Gasteiger partial charge on any atom is 0.166 e. The number of benzene rings is 2. The zero-order chi connectivity index (χ0) is 19.8. The second-order valence-corrected chi connectivity index (χ2v) is 9.50. The smallest absolute Gasteiger partial charge is 0.166 e. The molecule has 0 spiro atoms. The van der Waals surface area contributed by atoms with Crippen LogP contribution >= 0.6 is 0 Å². The molecule has 27 heavy (non-hydrogen) atoms. The van der Waals surface area contributed by atoms with Gasteiger partial charge in [-0.3, -0.25) is 4.68 Å². The van der Waals surface area contributed by atoms with Crippen LogP contribution in [-0.4, -0.2) is 19.1 Å². The van der Waals surface area contributed by atoms with Crippen LogP contribution in [0.1, 0.15) is 39.3 Å². The first kappa shape index (κ1) is 19.7. The molecule has 144 valence electrons. The van der Waals surface area contributed by atoms with Crippen LogP contribution in [0, 0.1) is 5.82 Å². The molecule has 5 nitrogen and oxygen atoms in total. The van der Waals surface area contributed by atoms with Crippen LogP contribution < -0.4 is 9.46 Å². The van der Waals surface area contributed by atoms with Gasteiger partial charge >= 0.3 is 0 Å². The van der Waals surface area contributed by atoms with Gasteiger partial charge in [0.25, 0.3) is 0 Å². The number of rotatable bonds is 5. The SMILES string of the molecule is C[C@H](N[S@@+]([O-])C(C)(C)C)c1ccc(Oc2ccc3c(cnn3C)c2)c(F)c1. The van der Waals surface area contributed by atoms with Crippen molar-refractivity contribution in [1.82, 2.24) is 14.5 Å². The van der Waals surface area contributed by atoms with E-state index in [0.717, 1.165) is 10.9 Å². The largest absolute Gasteiger partial charge is 0.598 e. The third-order valence-electron chi connectivity index (χ3n) is 4.24. The van der Waals surface area contributed by atoms with Crippen molar-refractivity contribution >= 4 is 22.3 Å². The first-order chi connectivity index (χ1) is 12.6. The number of nitrogens with one attached hydrogen (secondary N) is 1. The highest BCUT2D eigenvalue weighted by atomic mass is 32.2. The predicted octanol–water partition coefficient (Wildman–Crippen LogP) is 4.62. The van der Waals surface area contributed by atoms with Gasteiger partial charge in [-0.25, -0.2) is 4.39 Å². The van der Waals surface area contributed by atoms with Crippen LogP contribution in [0.3, 0.4) is 0 Å². The molecule has 0 saturated heterocycles. The number of nitrogens with zero attached hydrogens (tertiary/aromatic N) is 2. The minimum atomic E-state index is -1.23. The Balaban J connectivity index is 1.75. The molecule has 0 aliphatic heterocycles. The van der Waals surface area contributed by atoms with Crippen molar-refractivity contribution in [1.29, 1.82) is 0 Å². The van der Waals surface area contributed by atoms with E-state index in [0.29, 0.717) is 11.3 Å². The summed E-state index contributed by atoms with van der Waals surface area (Å²) in [5.74, 6) is 0.224. The number of hydrogen-bond donors (Lipinski definition) is 1. The van der Waals surface area contributed by atoms with Gasteiger partial charge < -0.3 is 9.29 Å². The summed E-state index contributed by atoms with van der Waals surface area (Å²) >= 11 is -1.23. The zero-order valence-corrected chi connectivity index (χ0v) is 16.9. The molecule has 2 atom stereocenters. The predicted molar refractivity (Wildman–Crippen MR) is 107 cm³/mol. The summed E-state index contributed by atoms with van der Waals surface area (Å²) in [7, 11) is 1.86. The Bertz CT molecular complexity index is 952. The molecule has 7 heteroatoms. The minimum Gasteiger partial charge on any atom is -0.598 e. The van der Waals surface area contributed by atoms with E-state index in [-0.39, 0.29) is 16.5 Å². The molecule has 0 bridgehead atoms. The van der Waals surface area contributed by atoms with Crippen LogP contribution in [0.15, 0.2) is 42.6 Å². The Morgan fingerprint density at radius 3 is 2.63 bits per heavy atom. The van der Waals surface area contributed by atoms with Crippen molar-refractivity contribution in [3.8, 4) is 11.5 Å². The van der Waals surface area contributed by atoms with Gasteiger partial charge in [0.2, 0.25) is 0 Å². The van der Waals surface area contributed by atoms with Crippen molar-refractivity contribution < 1.29 is 13.7 Å². The van der Waals surface area contributed by atoms with Crippen molar-refractivity contribution in [2.75, 3.05) is 0 Å². The molecular formula is C20H24FN3O2S. The van der Waals surface area contributed by atoms with E-state index in [1.807, 2.05) is 46.9 Å². The van der Waals surface area contributed by atoms with Gasteiger partial charge in [-0.2, -0.15) is 5.10 Å². The summed E-state index contributed by atoms with van der Waals surface area (Å²) in [6, 6.07) is 10.0. The normalized spacial score (nSPS) is 14.3. The lowest BCUT2D eigenvalue weighted by Gasteiger charge is -2.26. The third kappa shape index (κ3) is 4.43. The van der Waals surface area contributed by atoms with Crippen LogP contribution in [0.4, 0.5) is 4.39 Å². The molecule has 0 radical (unpaired) electrons. The van der Waals surface area contributed by atoms with Gasteiger partial charge in [0.05, 0.1) is 17.8 Å². The Labute approximate surface area is 161 Å². The number of aryl methyl sites for hydroxylation is 1. The summed E-state index contributed by atoms with van der Waals surface area (Å²) in [5, 5.41) is 5.11. The van der Waals surface area contributed by atoms with Gasteiger partial charge in [-0.1, -0.05) is 6.07 Å². The fourth-order valence-corrected chi connectivity index (χ4v) is 3.42. The molecule has 1 aromatic heterocycles. The number of aromatic nitrogens is 2. The fourth-order valence-electron chi connectivity index (χ4n) is 2.61. The van der Waals surface area contributed by atoms with Gasteiger partial charge in [-0.15, -0.1) is 4.72 Å². The van der Waals surface area contributed by atoms with Crippen molar-refractivity contribution in [3.05, 3.63) is 54.0 Å². The molecule has 0 amide bonds. The Hall–Kier alpha value is -2.09. The molecule has 1 N–H and O–H groups in total. The summed E-state index contributed by atoms with van der Waals surface area (Å²) < 4.78 is 36.9. The van der Waals surface area contributed by atoms with Crippen molar-refractivity contribution in [2.24, 2.45) is 7.05 Å². The van der Waals surface area contributed by atoms with E-state index in [9.17, 15) is 8.94 Å². The van der Waals surface area contributed by atoms with Gasteiger partial charge in [-0.05, 0) is 63.6 Å². The van der Waals surface area contributed by atoms with Crippen molar-refractivity contribution in [2.45, 2.75) is 38.5 Å². The first-order valence-corrected chi connectivity index (χ1v) is 9.87. The summed E-state index contributed by atoms with van der Waals surface area (Å²) in [5.41, 5.74) is 1.69. The highest BCUT2D eigenvalue weighted by molar-refractivity contribution is 7.90. The van der Waals surface area contributed by atoms with E-state index in [1.165, 1.54) is 6.07 Å². The lowest BCUT2D eigenvalue weighted by atomic mass is 10.1. The summed E-state index contributed by atoms with van der Waals surface area (Å²) in [4.78, 5) is 0. The summed E-state index contributed by atoms with van der Waals surface area (Å²) in [6.45, 7) is 7.52. The minimum absolute atomic E-state index is 0.145. The average molecular weight is 389 g/mol. The molecule has 3 aromatic rings. The van der Waals surface area contributed by atoms with E-state index in [4.69, 9.17) is 4.74 Å². The second-order valence-electron chi connectivity index (χ2n) is 7.50. The highest BCUT2D eigenvalue weighted by Crippen LogP contribution is 2.29. The summed E-state index contributed by atoms with van der Waals surface area (Å²) in [6.07, 6.45) is 1.74. The van der Waals surface area contributed by atoms with E-state index < -0.39 is 17.2 Å². The molecule has 0 aliphatic rings. The quantitative estimate of drug-likeness (QED) is 0.647. The molecule has 0 unspecified atom stereocenters. The van der Waals surface area contributed by atoms with Crippen molar-refractivity contribution in [3.63, 3.8) is 0 Å². The van der Waals surface area contributed by atoms with E-state index in [2.05, 4.69) is 9.82 Å². The number of hydrogen-bond acceptors (Lipinski definition) is 4. The van der Waals surface area contributed by atoms with Crippen LogP contribution in [0.5, 0.6) is 11.5 Å². The molecule has 3 rings (SSSR count). The molecular weight excluding hydrogens is 365 g/mol. The Morgan fingerprint density at radius 1 is 1.22 bits per heavy atom. The topological polar surface area (TPSA) is 62.1 Å². The van der Waals surface area contributed by atoms with E-state index in [1.54, 1.807) is 29.1 Å².